The molecule has 1 fully saturated rings. The summed E-state index contributed by atoms with van der Waals surface area (Å²) in [5, 5.41) is 12.3. The van der Waals surface area contributed by atoms with E-state index >= 15 is 0 Å². The molecule has 2 amide bonds. The molecule has 0 saturated carbocycles. The van der Waals surface area contributed by atoms with Crippen LogP contribution in [0.1, 0.15) is 23.2 Å². The lowest BCUT2D eigenvalue weighted by atomic mass is 9.95. The number of carbonyl (C=O) groups is 2. The van der Waals surface area contributed by atoms with Gasteiger partial charge in [-0.05, 0) is 61.4 Å². The van der Waals surface area contributed by atoms with Crippen molar-refractivity contribution in [2.24, 2.45) is 11.7 Å². The van der Waals surface area contributed by atoms with Crippen molar-refractivity contribution in [1.82, 2.24) is 10.2 Å². The SMILES string of the molecule is NC(=O)c1ccc(NC(=O)C2CCN(c3ccc(-c4ccc(Cl)cc4)nn3)CC2)cc1. The summed E-state index contributed by atoms with van der Waals surface area (Å²) in [6.07, 6.45) is 1.46. The van der Waals surface area contributed by atoms with E-state index in [1.54, 1.807) is 24.3 Å². The normalized spacial score (nSPS) is 14.3. The Bertz CT molecular complexity index is 1060. The minimum absolute atomic E-state index is 0.0179. The van der Waals surface area contributed by atoms with E-state index in [1.807, 2.05) is 36.4 Å². The van der Waals surface area contributed by atoms with Gasteiger partial charge in [0.05, 0.1) is 5.69 Å². The number of nitrogens with zero attached hydrogens (tertiary/aromatic N) is 3. The third kappa shape index (κ3) is 5.00. The number of benzene rings is 2. The van der Waals surface area contributed by atoms with Gasteiger partial charge in [0, 0.05) is 40.8 Å². The van der Waals surface area contributed by atoms with Crippen LogP contribution in [0.4, 0.5) is 11.5 Å². The van der Waals surface area contributed by atoms with E-state index in [0.29, 0.717) is 16.3 Å². The molecule has 158 valence electrons. The van der Waals surface area contributed by atoms with Gasteiger partial charge in [0.1, 0.15) is 0 Å². The molecule has 31 heavy (non-hydrogen) atoms. The first-order valence-electron chi connectivity index (χ1n) is 10.0. The lowest BCUT2D eigenvalue weighted by Gasteiger charge is -2.31. The molecule has 3 aromatic rings. The molecule has 7 nitrogen and oxygen atoms in total. The number of rotatable bonds is 5. The molecule has 0 aliphatic carbocycles. The van der Waals surface area contributed by atoms with Gasteiger partial charge < -0.3 is 16.0 Å². The molecule has 1 aromatic heterocycles. The molecule has 0 atom stereocenters. The molecule has 0 bridgehead atoms. The Labute approximate surface area is 185 Å². The summed E-state index contributed by atoms with van der Waals surface area (Å²) in [6.45, 7) is 1.46. The molecule has 0 spiro atoms. The molecule has 1 aliphatic rings. The zero-order chi connectivity index (χ0) is 21.8. The summed E-state index contributed by atoms with van der Waals surface area (Å²) in [4.78, 5) is 25.9. The molecule has 0 radical (unpaired) electrons. The van der Waals surface area contributed by atoms with Crippen LogP contribution in [-0.4, -0.2) is 35.1 Å². The average molecular weight is 436 g/mol. The predicted octanol–water partition coefficient (Wildman–Crippen LogP) is 3.75. The highest BCUT2D eigenvalue weighted by Crippen LogP contribution is 2.25. The lowest BCUT2D eigenvalue weighted by molar-refractivity contribution is -0.120. The number of primary amides is 1. The number of aromatic nitrogens is 2. The maximum atomic E-state index is 12.6. The Morgan fingerprint density at radius 1 is 0.935 bits per heavy atom. The topological polar surface area (TPSA) is 101 Å². The largest absolute Gasteiger partial charge is 0.366 e. The van der Waals surface area contributed by atoms with Crippen LogP contribution in [0, 0.1) is 5.92 Å². The Morgan fingerprint density at radius 2 is 1.61 bits per heavy atom. The summed E-state index contributed by atoms with van der Waals surface area (Å²) in [5.41, 5.74) is 8.06. The Kier molecular flexibility index (Phi) is 6.13. The summed E-state index contributed by atoms with van der Waals surface area (Å²) in [6, 6.07) is 18.0. The van der Waals surface area contributed by atoms with E-state index in [0.717, 1.165) is 43.0 Å². The fourth-order valence-electron chi connectivity index (χ4n) is 3.60. The summed E-state index contributed by atoms with van der Waals surface area (Å²) < 4.78 is 0. The molecule has 1 saturated heterocycles. The quantitative estimate of drug-likeness (QED) is 0.635. The maximum Gasteiger partial charge on any atom is 0.248 e. The summed E-state index contributed by atoms with van der Waals surface area (Å²) >= 11 is 5.93. The standard InChI is InChI=1S/C23H22ClN5O2/c24-18-5-1-15(2-6-18)20-9-10-21(28-27-20)29-13-11-17(12-14-29)23(31)26-19-7-3-16(4-8-19)22(25)30/h1-10,17H,11-14H2,(H2,25,30)(H,26,31). The Morgan fingerprint density at radius 3 is 2.19 bits per heavy atom. The third-order valence-corrected chi connectivity index (χ3v) is 5.67. The van der Waals surface area contributed by atoms with Crippen molar-refractivity contribution in [1.29, 1.82) is 0 Å². The van der Waals surface area contributed by atoms with Crippen molar-refractivity contribution >= 4 is 34.9 Å². The molecule has 8 heteroatoms. The van der Waals surface area contributed by atoms with Gasteiger partial charge in [0.25, 0.3) is 0 Å². The molecule has 1 aliphatic heterocycles. The molecule has 2 aromatic carbocycles. The second-order valence-electron chi connectivity index (χ2n) is 7.48. The van der Waals surface area contributed by atoms with Crippen LogP contribution in [-0.2, 0) is 4.79 Å². The monoisotopic (exact) mass is 435 g/mol. The van der Waals surface area contributed by atoms with E-state index in [-0.39, 0.29) is 11.8 Å². The van der Waals surface area contributed by atoms with Crippen LogP contribution in [0.5, 0.6) is 0 Å². The van der Waals surface area contributed by atoms with Crippen LogP contribution in [0.15, 0.2) is 60.7 Å². The number of nitrogens with two attached hydrogens (primary N) is 1. The number of halogens is 1. The van der Waals surface area contributed by atoms with Gasteiger partial charge >= 0.3 is 0 Å². The molecular weight excluding hydrogens is 414 g/mol. The second kappa shape index (κ2) is 9.14. The number of anilines is 2. The smallest absolute Gasteiger partial charge is 0.248 e. The zero-order valence-electron chi connectivity index (χ0n) is 16.8. The van der Waals surface area contributed by atoms with Crippen molar-refractivity contribution in [2.75, 3.05) is 23.3 Å². The number of hydrogen-bond donors (Lipinski definition) is 2. The minimum atomic E-state index is -0.491. The van der Waals surface area contributed by atoms with Gasteiger partial charge in [-0.1, -0.05) is 23.7 Å². The molecule has 4 rings (SSSR count). The van der Waals surface area contributed by atoms with Gasteiger partial charge in [-0.2, -0.15) is 0 Å². The fraction of sp³-hybridized carbons (Fsp3) is 0.217. The second-order valence-corrected chi connectivity index (χ2v) is 7.91. The first-order chi connectivity index (χ1) is 15.0. The van der Waals surface area contributed by atoms with E-state index < -0.39 is 5.91 Å². The highest BCUT2D eigenvalue weighted by atomic mass is 35.5. The lowest BCUT2D eigenvalue weighted by Crippen LogP contribution is -2.38. The average Bonchev–Trinajstić information content (AvgIpc) is 2.80. The molecular formula is C23H22ClN5O2. The Hall–Kier alpha value is -3.45. The number of piperidine rings is 1. The minimum Gasteiger partial charge on any atom is -0.366 e. The van der Waals surface area contributed by atoms with E-state index in [2.05, 4.69) is 20.4 Å². The van der Waals surface area contributed by atoms with Crippen LogP contribution in [0.2, 0.25) is 5.02 Å². The van der Waals surface area contributed by atoms with Gasteiger partial charge in [-0.15, -0.1) is 10.2 Å². The van der Waals surface area contributed by atoms with Crippen molar-refractivity contribution in [3.63, 3.8) is 0 Å². The number of amides is 2. The van der Waals surface area contributed by atoms with Crippen LogP contribution in [0.3, 0.4) is 0 Å². The number of nitrogens with one attached hydrogen (secondary N) is 1. The number of hydrogen-bond acceptors (Lipinski definition) is 5. The van der Waals surface area contributed by atoms with Gasteiger partial charge in [-0.25, -0.2) is 0 Å². The van der Waals surface area contributed by atoms with Crippen molar-refractivity contribution in [3.8, 4) is 11.3 Å². The first kappa shape index (κ1) is 20.8. The fourth-order valence-corrected chi connectivity index (χ4v) is 3.73. The van der Waals surface area contributed by atoms with Crippen molar-refractivity contribution < 1.29 is 9.59 Å². The molecule has 2 heterocycles. The zero-order valence-corrected chi connectivity index (χ0v) is 17.5. The maximum absolute atomic E-state index is 12.6. The summed E-state index contributed by atoms with van der Waals surface area (Å²) in [7, 11) is 0. The molecule has 3 N–H and O–H groups in total. The molecule has 0 unspecified atom stereocenters. The van der Waals surface area contributed by atoms with E-state index in [4.69, 9.17) is 17.3 Å². The first-order valence-corrected chi connectivity index (χ1v) is 10.4. The van der Waals surface area contributed by atoms with Crippen LogP contribution in [0.25, 0.3) is 11.3 Å². The number of carbonyl (C=O) groups excluding carboxylic acids is 2. The summed E-state index contributed by atoms with van der Waals surface area (Å²) in [5.74, 6) is 0.220. The van der Waals surface area contributed by atoms with Crippen LogP contribution < -0.4 is 16.0 Å². The van der Waals surface area contributed by atoms with Crippen molar-refractivity contribution in [2.45, 2.75) is 12.8 Å². The van der Waals surface area contributed by atoms with E-state index in [1.165, 1.54) is 0 Å². The van der Waals surface area contributed by atoms with Gasteiger partial charge in [0.2, 0.25) is 11.8 Å². The van der Waals surface area contributed by atoms with Crippen LogP contribution >= 0.6 is 11.6 Å². The highest BCUT2D eigenvalue weighted by Gasteiger charge is 2.26. The van der Waals surface area contributed by atoms with Gasteiger partial charge in [-0.3, -0.25) is 9.59 Å². The van der Waals surface area contributed by atoms with Crippen molar-refractivity contribution in [3.05, 3.63) is 71.2 Å². The third-order valence-electron chi connectivity index (χ3n) is 5.42. The Balaban J connectivity index is 1.32. The van der Waals surface area contributed by atoms with E-state index in [9.17, 15) is 9.59 Å². The van der Waals surface area contributed by atoms with Gasteiger partial charge in [0.15, 0.2) is 5.82 Å². The highest BCUT2D eigenvalue weighted by molar-refractivity contribution is 6.30. The predicted molar refractivity (Wildman–Crippen MR) is 121 cm³/mol.